The third-order valence-corrected chi connectivity index (χ3v) is 2.43. The van der Waals surface area contributed by atoms with Crippen molar-refractivity contribution in [3.63, 3.8) is 0 Å². The molecule has 2 N–H and O–H groups in total. The molecule has 0 aromatic heterocycles. The SMILES string of the molecule is COc1cc(CC(C)(N)C(F)(F)F)ccc1F. The minimum absolute atomic E-state index is 0.0968. The second-order valence-electron chi connectivity index (χ2n) is 4.06. The zero-order valence-corrected chi connectivity index (χ0v) is 9.44. The molecule has 1 aromatic carbocycles. The maximum absolute atomic E-state index is 13.1. The summed E-state index contributed by atoms with van der Waals surface area (Å²) in [5.41, 5.74) is 3.11. The van der Waals surface area contributed by atoms with E-state index in [4.69, 9.17) is 5.73 Å². The van der Waals surface area contributed by atoms with Crippen LogP contribution < -0.4 is 10.5 Å². The van der Waals surface area contributed by atoms with E-state index in [0.29, 0.717) is 0 Å². The van der Waals surface area contributed by atoms with E-state index in [-0.39, 0.29) is 11.3 Å². The van der Waals surface area contributed by atoms with Gasteiger partial charge in [0.05, 0.1) is 7.11 Å². The molecule has 1 unspecified atom stereocenters. The van der Waals surface area contributed by atoms with Crippen LogP contribution >= 0.6 is 0 Å². The molecule has 1 rings (SSSR count). The summed E-state index contributed by atoms with van der Waals surface area (Å²) in [5, 5.41) is 0. The predicted octanol–water partition coefficient (Wildman–Crippen LogP) is 2.66. The number of alkyl halides is 3. The Bertz CT molecular complexity index is 401. The zero-order chi connectivity index (χ0) is 13.3. The highest BCUT2D eigenvalue weighted by Gasteiger charge is 2.47. The first-order valence-corrected chi connectivity index (χ1v) is 4.85. The van der Waals surface area contributed by atoms with Crippen LogP contribution in [0.2, 0.25) is 0 Å². The number of halogens is 4. The Morgan fingerprint density at radius 2 is 1.88 bits per heavy atom. The fraction of sp³-hybridized carbons (Fsp3) is 0.455. The Morgan fingerprint density at radius 3 is 2.35 bits per heavy atom. The van der Waals surface area contributed by atoms with Crippen molar-refractivity contribution >= 4 is 0 Å². The van der Waals surface area contributed by atoms with E-state index >= 15 is 0 Å². The molecule has 0 heterocycles. The molecule has 0 radical (unpaired) electrons. The standard InChI is InChI=1S/C11H13F4NO/c1-10(16,11(13,14)15)6-7-3-4-8(12)9(5-7)17-2/h3-5H,6,16H2,1-2H3. The summed E-state index contributed by atoms with van der Waals surface area (Å²) < 4.78 is 55.4. The lowest BCUT2D eigenvalue weighted by Crippen LogP contribution is -2.52. The Balaban J connectivity index is 2.96. The van der Waals surface area contributed by atoms with Gasteiger partial charge in [-0.25, -0.2) is 4.39 Å². The molecule has 0 bridgehead atoms. The van der Waals surface area contributed by atoms with Crippen molar-refractivity contribution in [1.82, 2.24) is 0 Å². The maximum Gasteiger partial charge on any atom is 0.406 e. The van der Waals surface area contributed by atoms with Crippen LogP contribution in [0.5, 0.6) is 5.75 Å². The molecule has 96 valence electrons. The molecule has 1 aromatic rings. The summed E-state index contributed by atoms with van der Waals surface area (Å²) in [6.45, 7) is 0.892. The van der Waals surface area contributed by atoms with E-state index in [0.717, 1.165) is 13.0 Å². The first-order valence-electron chi connectivity index (χ1n) is 4.85. The van der Waals surface area contributed by atoms with Crippen molar-refractivity contribution in [1.29, 1.82) is 0 Å². The topological polar surface area (TPSA) is 35.2 Å². The van der Waals surface area contributed by atoms with Crippen LogP contribution in [0.1, 0.15) is 12.5 Å². The Labute approximate surface area is 96.4 Å². The number of benzene rings is 1. The van der Waals surface area contributed by atoms with Crippen LogP contribution in [-0.2, 0) is 6.42 Å². The van der Waals surface area contributed by atoms with Gasteiger partial charge in [0.1, 0.15) is 5.54 Å². The number of hydrogen-bond acceptors (Lipinski definition) is 2. The van der Waals surface area contributed by atoms with Gasteiger partial charge < -0.3 is 10.5 Å². The maximum atomic E-state index is 13.1. The van der Waals surface area contributed by atoms with E-state index in [9.17, 15) is 17.6 Å². The first-order chi connectivity index (χ1) is 7.67. The molecule has 0 saturated heterocycles. The minimum Gasteiger partial charge on any atom is -0.494 e. The van der Waals surface area contributed by atoms with E-state index in [1.165, 1.54) is 19.2 Å². The van der Waals surface area contributed by atoms with Gasteiger partial charge in [0.15, 0.2) is 11.6 Å². The molecule has 17 heavy (non-hydrogen) atoms. The molecular weight excluding hydrogens is 238 g/mol. The van der Waals surface area contributed by atoms with Crippen molar-refractivity contribution < 1.29 is 22.3 Å². The van der Waals surface area contributed by atoms with Gasteiger partial charge in [-0.15, -0.1) is 0 Å². The van der Waals surface area contributed by atoms with Crippen molar-refractivity contribution in [2.45, 2.75) is 25.1 Å². The van der Waals surface area contributed by atoms with Gasteiger partial charge in [-0.2, -0.15) is 13.2 Å². The van der Waals surface area contributed by atoms with Crippen LogP contribution in [-0.4, -0.2) is 18.8 Å². The molecule has 0 saturated carbocycles. The fourth-order valence-corrected chi connectivity index (χ4v) is 1.34. The van der Waals surface area contributed by atoms with Crippen LogP contribution in [0.4, 0.5) is 17.6 Å². The first kappa shape index (κ1) is 13.8. The second-order valence-corrected chi connectivity index (χ2v) is 4.06. The largest absolute Gasteiger partial charge is 0.494 e. The average Bonchev–Trinajstić information content (AvgIpc) is 2.19. The van der Waals surface area contributed by atoms with Crippen LogP contribution in [0.25, 0.3) is 0 Å². The van der Waals surface area contributed by atoms with Crippen molar-refractivity contribution in [3.05, 3.63) is 29.6 Å². The molecule has 0 spiro atoms. The summed E-state index contributed by atoms with van der Waals surface area (Å²) in [7, 11) is 1.24. The number of rotatable bonds is 3. The number of nitrogens with two attached hydrogens (primary N) is 1. The summed E-state index contributed by atoms with van der Waals surface area (Å²) >= 11 is 0. The average molecular weight is 251 g/mol. The van der Waals surface area contributed by atoms with Crippen molar-refractivity contribution in [3.8, 4) is 5.75 Å². The van der Waals surface area contributed by atoms with Gasteiger partial charge in [0, 0.05) is 0 Å². The van der Waals surface area contributed by atoms with Crippen molar-refractivity contribution in [2.75, 3.05) is 7.11 Å². The van der Waals surface area contributed by atoms with E-state index in [2.05, 4.69) is 4.74 Å². The monoisotopic (exact) mass is 251 g/mol. The van der Waals surface area contributed by atoms with E-state index in [1.54, 1.807) is 0 Å². The van der Waals surface area contributed by atoms with Gasteiger partial charge in [-0.05, 0) is 31.0 Å². The van der Waals surface area contributed by atoms with Gasteiger partial charge in [-0.3, -0.25) is 0 Å². The second kappa shape index (κ2) is 4.52. The summed E-state index contributed by atoms with van der Waals surface area (Å²) in [6.07, 6.45) is -4.96. The highest BCUT2D eigenvalue weighted by molar-refractivity contribution is 5.31. The highest BCUT2D eigenvalue weighted by atomic mass is 19.4. The highest BCUT2D eigenvalue weighted by Crippen LogP contribution is 2.31. The number of hydrogen-bond donors (Lipinski definition) is 1. The molecule has 0 aliphatic rings. The fourth-order valence-electron chi connectivity index (χ4n) is 1.34. The number of methoxy groups -OCH3 is 1. The van der Waals surface area contributed by atoms with Crippen LogP contribution in [0.15, 0.2) is 18.2 Å². The summed E-state index contributed by atoms with van der Waals surface area (Å²) in [6, 6.07) is 3.53. The van der Waals surface area contributed by atoms with Gasteiger partial charge in [-0.1, -0.05) is 6.07 Å². The van der Waals surface area contributed by atoms with E-state index in [1.807, 2.05) is 0 Å². The predicted molar refractivity (Wildman–Crippen MR) is 55.3 cm³/mol. The molecule has 0 aliphatic carbocycles. The van der Waals surface area contributed by atoms with Gasteiger partial charge in [0.2, 0.25) is 0 Å². The van der Waals surface area contributed by atoms with Gasteiger partial charge in [0.25, 0.3) is 0 Å². The molecule has 1 atom stereocenters. The Kier molecular flexibility index (Phi) is 3.66. The van der Waals surface area contributed by atoms with Crippen LogP contribution in [0, 0.1) is 5.82 Å². The Morgan fingerprint density at radius 1 is 1.29 bits per heavy atom. The van der Waals surface area contributed by atoms with Gasteiger partial charge >= 0.3 is 6.18 Å². The quantitative estimate of drug-likeness (QED) is 0.838. The molecule has 0 amide bonds. The Hall–Kier alpha value is -1.30. The molecule has 0 aliphatic heterocycles. The lowest BCUT2D eigenvalue weighted by molar-refractivity contribution is -0.180. The zero-order valence-electron chi connectivity index (χ0n) is 9.44. The smallest absolute Gasteiger partial charge is 0.406 e. The minimum atomic E-state index is -4.52. The lowest BCUT2D eigenvalue weighted by Gasteiger charge is -2.27. The van der Waals surface area contributed by atoms with Crippen LogP contribution in [0.3, 0.4) is 0 Å². The molecular formula is C11H13F4NO. The number of ether oxygens (including phenoxy) is 1. The summed E-state index contributed by atoms with van der Waals surface area (Å²) in [4.78, 5) is 0. The summed E-state index contributed by atoms with van der Waals surface area (Å²) in [5.74, 6) is -0.720. The normalized spacial score (nSPS) is 15.5. The third-order valence-electron chi connectivity index (χ3n) is 2.43. The van der Waals surface area contributed by atoms with Crippen molar-refractivity contribution in [2.24, 2.45) is 5.73 Å². The molecule has 6 heteroatoms. The molecule has 2 nitrogen and oxygen atoms in total. The molecule has 0 fully saturated rings. The third kappa shape index (κ3) is 3.09. The van der Waals surface area contributed by atoms with E-state index < -0.39 is 24.0 Å². The lowest BCUT2D eigenvalue weighted by atomic mass is 9.93.